The maximum atomic E-state index is 4.31. The van der Waals surface area contributed by atoms with Crippen LogP contribution < -0.4 is 5.32 Å². The average Bonchev–Trinajstić information content (AvgIpc) is 2.88. The van der Waals surface area contributed by atoms with E-state index in [4.69, 9.17) is 0 Å². The molecule has 2 aliphatic heterocycles. The van der Waals surface area contributed by atoms with Gasteiger partial charge in [-0.1, -0.05) is 0 Å². The van der Waals surface area contributed by atoms with Crippen molar-refractivity contribution in [3.8, 4) is 0 Å². The first-order valence-electron chi connectivity index (χ1n) is 6.14. The standard InChI is InChI=1S/C12H20N4/c1-9-10(5-14-15(9)2)6-16-7-11-3-13-4-12(11)8-16/h5,11-13H,3-4,6-8H2,1-2H3/t11-,12+. The Balaban J connectivity index is 1.66. The van der Waals surface area contributed by atoms with Crippen LogP contribution >= 0.6 is 0 Å². The number of hydrogen-bond donors (Lipinski definition) is 1. The fourth-order valence-corrected chi connectivity index (χ4v) is 3.02. The van der Waals surface area contributed by atoms with Gasteiger partial charge in [-0.15, -0.1) is 0 Å². The van der Waals surface area contributed by atoms with Gasteiger partial charge in [-0.05, 0) is 31.8 Å². The Kier molecular flexibility index (Phi) is 2.48. The van der Waals surface area contributed by atoms with Crippen LogP contribution in [0.25, 0.3) is 0 Å². The van der Waals surface area contributed by atoms with Crippen molar-refractivity contribution >= 4 is 0 Å². The van der Waals surface area contributed by atoms with Crippen molar-refractivity contribution in [1.82, 2.24) is 20.0 Å². The lowest BCUT2D eigenvalue weighted by atomic mass is 10.0. The second-order valence-corrected chi connectivity index (χ2v) is 5.25. The van der Waals surface area contributed by atoms with Crippen LogP contribution in [0.1, 0.15) is 11.3 Å². The molecule has 1 aromatic heterocycles. The first-order chi connectivity index (χ1) is 7.74. The maximum absolute atomic E-state index is 4.31. The first-order valence-corrected chi connectivity index (χ1v) is 6.14. The minimum absolute atomic E-state index is 0.886. The van der Waals surface area contributed by atoms with E-state index in [1.807, 2.05) is 17.9 Å². The van der Waals surface area contributed by atoms with E-state index in [0.29, 0.717) is 0 Å². The summed E-state index contributed by atoms with van der Waals surface area (Å²) < 4.78 is 1.97. The number of nitrogens with zero attached hydrogens (tertiary/aromatic N) is 3. The highest BCUT2D eigenvalue weighted by atomic mass is 15.3. The summed E-state index contributed by atoms with van der Waals surface area (Å²) in [6, 6.07) is 0. The molecule has 4 nitrogen and oxygen atoms in total. The van der Waals surface area contributed by atoms with E-state index in [-0.39, 0.29) is 0 Å². The van der Waals surface area contributed by atoms with Gasteiger partial charge in [-0.2, -0.15) is 5.10 Å². The van der Waals surface area contributed by atoms with E-state index in [2.05, 4.69) is 22.2 Å². The Morgan fingerprint density at radius 1 is 1.38 bits per heavy atom. The van der Waals surface area contributed by atoms with E-state index in [1.54, 1.807) is 0 Å². The highest BCUT2D eigenvalue weighted by molar-refractivity contribution is 5.16. The molecule has 2 aliphatic rings. The van der Waals surface area contributed by atoms with Crippen LogP contribution in [-0.2, 0) is 13.6 Å². The van der Waals surface area contributed by atoms with E-state index in [1.165, 1.54) is 37.4 Å². The molecule has 0 unspecified atom stereocenters. The zero-order valence-corrected chi connectivity index (χ0v) is 10.1. The van der Waals surface area contributed by atoms with Gasteiger partial charge in [0.15, 0.2) is 0 Å². The van der Waals surface area contributed by atoms with Crippen LogP contribution in [0.3, 0.4) is 0 Å². The third-order valence-corrected chi connectivity index (χ3v) is 4.20. The van der Waals surface area contributed by atoms with E-state index < -0.39 is 0 Å². The van der Waals surface area contributed by atoms with Crippen LogP contribution in [0.2, 0.25) is 0 Å². The van der Waals surface area contributed by atoms with Gasteiger partial charge in [0.2, 0.25) is 0 Å². The predicted octanol–water partition coefficient (Wildman–Crippen LogP) is 0.380. The fourth-order valence-electron chi connectivity index (χ4n) is 3.02. The zero-order valence-electron chi connectivity index (χ0n) is 10.1. The molecule has 2 atom stereocenters. The Bertz CT molecular complexity index is 372. The SMILES string of the molecule is Cc1c(CN2C[C@H]3CNC[C@H]3C2)cnn1C. The Morgan fingerprint density at radius 3 is 2.62 bits per heavy atom. The van der Waals surface area contributed by atoms with E-state index in [0.717, 1.165) is 18.4 Å². The second-order valence-electron chi connectivity index (χ2n) is 5.25. The summed E-state index contributed by atoms with van der Waals surface area (Å²) >= 11 is 0. The number of rotatable bonds is 2. The quantitative estimate of drug-likeness (QED) is 0.782. The van der Waals surface area contributed by atoms with Gasteiger partial charge >= 0.3 is 0 Å². The van der Waals surface area contributed by atoms with Gasteiger partial charge in [0, 0.05) is 37.9 Å². The van der Waals surface area contributed by atoms with E-state index in [9.17, 15) is 0 Å². The molecule has 0 aromatic carbocycles. The van der Waals surface area contributed by atoms with Gasteiger partial charge in [0.05, 0.1) is 6.20 Å². The molecule has 0 radical (unpaired) electrons. The first kappa shape index (κ1) is 10.3. The summed E-state index contributed by atoms with van der Waals surface area (Å²) in [6.07, 6.45) is 2.02. The summed E-state index contributed by atoms with van der Waals surface area (Å²) in [5.74, 6) is 1.77. The summed E-state index contributed by atoms with van der Waals surface area (Å²) in [5.41, 5.74) is 2.69. The molecule has 3 rings (SSSR count). The molecule has 2 saturated heterocycles. The van der Waals surface area contributed by atoms with Gasteiger partial charge in [-0.3, -0.25) is 9.58 Å². The number of likely N-dealkylation sites (tertiary alicyclic amines) is 1. The molecular formula is C12H20N4. The van der Waals surface area contributed by atoms with Crippen molar-refractivity contribution in [3.05, 3.63) is 17.5 Å². The molecule has 0 spiro atoms. The molecule has 0 bridgehead atoms. The van der Waals surface area contributed by atoms with E-state index >= 15 is 0 Å². The third-order valence-electron chi connectivity index (χ3n) is 4.20. The van der Waals surface area contributed by atoms with Crippen molar-refractivity contribution in [3.63, 3.8) is 0 Å². The summed E-state index contributed by atoms with van der Waals surface area (Å²) in [5, 5.41) is 7.79. The minimum atomic E-state index is 0.886. The lowest BCUT2D eigenvalue weighted by Gasteiger charge is -2.16. The molecule has 0 saturated carbocycles. The van der Waals surface area contributed by atoms with Gasteiger partial charge in [0.25, 0.3) is 0 Å². The topological polar surface area (TPSA) is 33.1 Å². The molecule has 16 heavy (non-hydrogen) atoms. The lowest BCUT2D eigenvalue weighted by Crippen LogP contribution is -2.25. The minimum Gasteiger partial charge on any atom is -0.316 e. The largest absolute Gasteiger partial charge is 0.316 e. The maximum Gasteiger partial charge on any atom is 0.0537 e. The molecule has 3 heterocycles. The summed E-state index contributed by atoms with van der Waals surface area (Å²) in [4.78, 5) is 2.58. The highest BCUT2D eigenvalue weighted by Gasteiger charge is 2.35. The highest BCUT2D eigenvalue weighted by Crippen LogP contribution is 2.27. The molecule has 2 fully saturated rings. The van der Waals surface area contributed by atoms with Crippen LogP contribution in [0.4, 0.5) is 0 Å². The van der Waals surface area contributed by atoms with Crippen LogP contribution in [0.5, 0.6) is 0 Å². The molecule has 1 aromatic rings. The second kappa shape index (κ2) is 3.86. The number of fused-ring (bicyclic) bond motifs is 1. The third kappa shape index (κ3) is 1.66. The Labute approximate surface area is 96.6 Å². The monoisotopic (exact) mass is 220 g/mol. The number of aromatic nitrogens is 2. The fraction of sp³-hybridized carbons (Fsp3) is 0.750. The predicted molar refractivity (Wildman–Crippen MR) is 63.1 cm³/mol. The van der Waals surface area contributed by atoms with Crippen LogP contribution in [0.15, 0.2) is 6.20 Å². The van der Waals surface area contributed by atoms with Crippen LogP contribution in [0, 0.1) is 18.8 Å². The molecular weight excluding hydrogens is 200 g/mol. The van der Waals surface area contributed by atoms with Gasteiger partial charge < -0.3 is 5.32 Å². The summed E-state index contributed by atoms with van der Waals surface area (Å²) in [6.45, 7) is 8.17. The molecule has 1 N–H and O–H groups in total. The molecule has 0 aliphatic carbocycles. The van der Waals surface area contributed by atoms with Crippen molar-refractivity contribution < 1.29 is 0 Å². The zero-order chi connectivity index (χ0) is 11.1. The van der Waals surface area contributed by atoms with Crippen molar-refractivity contribution in [2.45, 2.75) is 13.5 Å². The van der Waals surface area contributed by atoms with Gasteiger partial charge in [0.1, 0.15) is 0 Å². The Hall–Kier alpha value is -0.870. The molecule has 0 amide bonds. The summed E-state index contributed by atoms with van der Waals surface area (Å²) in [7, 11) is 2.02. The smallest absolute Gasteiger partial charge is 0.0537 e. The van der Waals surface area contributed by atoms with Crippen molar-refractivity contribution in [2.24, 2.45) is 18.9 Å². The number of aryl methyl sites for hydroxylation is 1. The van der Waals surface area contributed by atoms with Crippen molar-refractivity contribution in [2.75, 3.05) is 26.2 Å². The molecule has 4 heteroatoms. The van der Waals surface area contributed by atoms with Crippen molar-refractivity contribution in [1.29, 1.82) is 0 Å². The number of nitrogens with one attached hydrogen (secondary N) is 1. The Morgan fingerprint density at radius 2 is 2.06 bits per heavy atom. The van der Waals surface area contributed by atoms with Gasteiger partial charge in [-0.25, -0.2) is 0 Å². The lowest BCUT2D eigenvalue weighted by molar-refractivity contribution is 0.305. The normalized spacial score (nSPS) is 29.9. The number of hydrogen-bond acceptors (Lipinski definition) is 3. The average molecular weight is 220 g/mol. The molecule has 88 valence electrons. The van der Waals surface area contributed by atoms with Crippen LogP contribution in [-0.4, -0.2) is 40.9 Å².